The van der Waals surface area contributed by atoms with Crippen LogP contribution in [0.25, 0.3) is 0 Å². The second-order valence-corrected chi connectivity index (χ2v) is 5.72. The molecule has 1 aromatic carbocycles. The Morgan fingerprint density at radius 3 is 2.88 bits per heavy atom. The van der Waals surface area contributed by atoms with Crippen LogP contribution in [-0.4, -0.2) is 47.6 Å². The average Bonchev–Trinajstić information content (AvgIpc) is 2.62. The van der Waals surface area contributed by atoms with Gasteiger partial charge >= 0.3 is 0 Å². The van der Waals surface area contributed by atoms with E-state index < -0.39 is 23.6 Å². The van der Waals surface area contributed by atoms with Crippen LogP contribution in [0.2, 0.25) is 0 Å². The Kier molecular flexibility index (Phi) is 4.89. The first-order valence-corrected chi connectivity index (χ1v) is 7.86. The van der Waals surface area contributed by atoms with E-state index in [4.69, 9.17) is 4.74 Å². The fourth-order valence-electron chi connectivity index (χ4n) is 2.75. The van der Waals surface area contributed by atoms with Gasteiger partial charge in [-0.1, -0.05) is 0 Å². The molecule has 25 heavy (non-hydrogen) atoms. The summed E-state index contributed by atoms with van der Waals surface area (Å²) in [4.78, 5) is 23.0. The molecule has 3 rings (SSSR count). The summed E-state index contributed by atoms with van der Waals surface area (Å²) in [6.45, 7) is 2.55. The van der Waals surface area contributed by atoms with Crippen molar-refractivity contribution >= 4 is 11.7 Å². The summed E-state index contributed by atoms with van der Waals surface area (Å²) in [7, 11) is 1.73. The largest absolute Gasteiger partial charge is 0.377 e. The molecule has 0 radical (unpaired) electrons. The maximum atomic E-state index is 14.0. The van der Waals surface area contributed by atoms with Crippen molar-refractivity contribution in [1.29, 1.82) is 0 Å². The number of rotatable bonds is 3. The molecule has 2 aromatic rings. The molecule has 2 heterocycles. The maximum absolute atomic E-state index is 14.0. The Balaban J connectivity index is 1.97. The second-order valence-electron chi connectivity index (χ2n) is 5.72. The molecule has 0 aliphatic carbocycles. The second kappa shape index (κ2) is 7.10. The number of anilines is 1. The summed E-state index contributed by atoms with van der Waals surface area (Å²) < 4.78 is 32.9. The van der Waals surface area contributed by atoms with Gasteiger partial charge < -0.3 is 15.0 Å². The van der Waals surface area contributed by atoms with Gasteiger partial charge in [0.15, 0.2) is 5.82 Å². The quantitative estimate of drug-likeness (QED) is 0.922. The molecule has 1 saturated heterocycles. The number of halogens is 2. The summed E-state index contributed by atoms with van der Waals surface area (Å²) in [5.41, 5.74) is 0.414. The molecule has 0 unspecified atom stereocenters. The minimum absolute atomic E-state index is 0.190. The fraction of sp³-hybridized carbons (Fsp3) is 0.353. The summed E-state index contributed by atoms with van der Waals surface area (Å²) in [5, 5.41) is 2.93. The Hall–Kier alpha value is -2.61. The lowest BCUT2D eigenvalue weighted by atomic mass is 10.1. The lowest BCUT2D eigenvalue weighted by Crippen LogP contribution is -2.44. The van der Waals surface area contributed by atoms with Crippen LogP contribution in [0, 0.1) is 18.6 Å². The third-order valence-electron chi connectivity index (χ3n) is 3.97. The normalized spacial score (nSPS) is 17.4. The number of nitrogens with zero attached hydrogens (tertiary/aromatic N) is 3. The van der Waals surface area contributed by atoms with Crippen molar-refractivity contribution in [3.05, 3.63) is 53.0 Å². The SMILES string of the molecule is CNc1cc(C)nc([C@@H]2COCCN2C(=O)c2cc(F)ccc2F)n1. The molecular weight excluding hydrogens is 330 g/mol. The first-order chi connectivity index (χ1) is 12.0. The van der Waals surface area contributed by atoms with E-state index in [1.54, 1.807) is 13.1 Å². The van der Waals surface area contributed by atoms with Crippen LogP contribution in [0.4, 0.5) is 14.6 Å². The summed E-state index contributed by atoms with van der Waals surface area (Å²) in [6.07, 6.45) is 0. The highest BCUT2D eigenvalue weighted by atomic mass is 19.1. The third kappa shape index (κ3) is 3.58. The number of carbonyl (C=O) groups excluding carboxylic acids is 1. The highest BCUT2D eigenvalue weighted by Gasteiger charge is 2.33. The van der Waals surface area contributed by atoms with E-state index in [2.05, 4.69) is 15.3 Å². The van der Waals surface area contributed by atoms with Gasteiger partial charge in [0.05, 0.1) is 18.8 Å². The molecule has 8 heteroatoms. The Labute approximate surface area is 143 Å². The van der Waals surface area contributed by atoms with Crippen molar-refractivity contribution in [2.45, 2.75) is 13.0 Å². The number of benzene rings is 1. The number of hydrogen-bond donors (Lipinski definition) is 1. The van der Waals surface area contributed by atoms with E-state index in [1.165, 1.54) is 4.90 Å². The third-order valence-corrected chi connectivity index (χ3v) is 3.97. The topological polar surface area (TPSA) is 67.4 Å². The van der Waals surface area contributed by atoms with Crippen LogP contribution < -0.4 is 5.32 Å². The predicted molar refractivity (Wildman–Crippen MR) is 87.3 cm³/mol. The van der Waals surface area contributed by atoms with Crippen LogP contribution in [0.1, 0.15) is 27.9 Å². The van der Waals surface area contributed by atoms with Gasteiger partial charge in [-0.15, -0.1) is 0 Å². The highest BCUT2D eigenvalue weighted by Crippen LogP contribution is 2.26. The van der Waals surface area contributed by atoms with E-state index in [9.17, 15) is 13.6 Å². The van der Waals surface area contributed by atoms with Gasteiger partial charge in [-0.2, -0.15) is 0 Å². The van der Waals surface area contributed by atoms with E-state index in [1.807, 2.05) is 6.92 Å². The summed E-state index contributed by atoms with van der Waals surface area (Å²) in [6, 6.07) is 4.02. The lowest BCUT2D eigenvalue weighted by molar-refractivity contribution is -0.00548. The van der Waals surface area contributed by atoms with Crippen LogP contribution >= 0.6 is 0 Å². The van der Waals surface area contributed by atoms with E-state index in [-0.39, 0.29) is 18.7 Å². The Morgan fingerprint density at radius 2 is 2.12 bits per heavy atom. The number of carbonyl (C=O) groups is 1. The molecule has 6 nitrogen and oxygen atoms in total. The van der Waals surface area contributed by atoms with E-state index in [0.717, 1.165) is 23.9 Å². The maximum Gasteiger partial charge on any atom is 0.257 e. The molecule has 0 bridgehead atoms. The Morgan fingerprint density at radius 1 is 1.32 bits per heavy atom. The molecule has 0 spiro atoms. The molecular formula is C17H18F2N4O2. The van der Waals surface area contributed by atoms with Gasteiger partial charge in [-0.25, -0.2) is 18.7 Å². The zero-order valence-corrected chi connectivity index (χ0v) is 13.9. The average molecular weight is 348 g/mol. The predicted octanol–water partition coefficient (Wildman–Crippen LogP) is 2.32. The molecule has 1 aromatic heterocycles. The monoisotopic (exact) mass is 348 g/mol. The summed E-state index contributed by atoms with van der Waals surface area (Å²) >= 11 is 0. The molecule has 1 amide bonds. The lowest BCUT2D eigenvalue weighted by Gasteiger charge is -2.35. The van der Waals surface area contributed by atoms with Gasteiger partial charge in [0.25, 0.3) is 5.91 Å². The standard InChI is InChI=1S/C17H18F2N4O2/c1-10-7-15(20-2)22-16(21-10)14-9-25-6-5-23(14)17(24)12-8-11(18)3-4-13(12)19/h3-4,7-8,14H,5-6,9H2,1-2H3,(H,20,21,22)/t14-/m0/s1. The number of aryl methyl sites for hydroxylation is 1. The van der Waals surface area contributed by atoms with Gasteiger partial charge in [-0.3, -0.25) is 4.79 Å². The van der Waals surface area contributed by atoms with Crippen molar-refractivity contribution in [1.82, 2.24) is 14.9 Å². The first kappa shape index (κ1) is 17.2. The van der Waals surface area contributed by atoms with Crippen LogP contribution in [0.5, 0.6) is 0 Å². The molecule has 132 valence electrons. The molecule has 0 saturated carbocycles. The molecule has 1 aliphatic heterocycles. The van der Waals surface area contributed by atoms with Crippen LogP contribution in [0.3, 0.4) is 0 Å². The summed E-state index contributed by atoms with van der Waals surface area (Å²) in [5.74, 6) is -1.04. The van der Waals surface area contributed by atoms with Crippen molar-refractivity contribution < 1.29 is 18.3 Å². The van der Waals surface area contributed by atoms with Gasteiger partial charge in [0, 0.05) is 25.4 Å². The molecule has 1 N–H and O–H groups in total. The van der Waals surface area contributed by atoms with Gasteiger partial charge in [0.2, 0.25) is 0 Å². The zero-order chi connectivity index (χ0) is 18.0. The minimum atomic E-state index is -0.766. The fourth-order valence-corrected chi connectivity index (χ4v) is 2.75. The van der Waals surface area contributed by atoms with E-state index in [0.29, 0.717) is 18.2 Å². The van der Waals surface area contributed by atoms with E-state index >= 15 is 0 Å². The van der Waals surface area contributed by atoms with Crippen molar-refractivity contribution in [2.24, 2.45) is 0 Å². The van der Waals surface area contributed by atoms with Crippen molar-refractivity contribution in [3.63, 3.8) is 0 Å². The number of aromatic nitrogens is 2. The van der Waals surface area contributed by atoms with Crippen molar-refractivity contribution in [3.8, 4) is 0 Å². The highest BCUT2D eigenvalue weighted by molar-refractivity contribution is 5.94. The van der Waals surface area contributed by atoms with Gasteiger partial charge in [0.1, 0.15) is 23.5 Å². The number of hydrogen-bond acceptors (Lipinski definition) is 5. The molecule has 1 aliphatic rings. The number of ether oxygens (including phenoxy) is 1. The van der Waals surface area contributed by atoms with Crippen molar-refractivity contribution in [2.75, 3.05) is 32.1 Å². The first-order valence-electron chi connectivity index (χ1n) is 7.86. The Bertz CT molecular complexity index is 800. The van der Waals surface area contributed by atoms with Gasteiger partial charge in [-0.05, 0) is 25.1 Å². The van der Waals surface area contributed by atoms with Crippen LogP contribution in [-0.2, 0) is 4.74 Å². The molecule has 1 atom stereocenters. The number of morpholine rings is 1. The smallest absolute Gasteiger partial charge is 0.257 e. The minimum Gasteiger partial charge on any atom is -0.377 e. The zero-order valence-electron chi connectivity index (χ0n) is 13.9. The number of nitrogens with one attached hydrogen (secondary N) is 1. The number of amides is 1. The van der Waals surface area contributed by atoms with Crippen LogP contribution in [0.15, 0.2) is 24.3 Å². The molecule has 1 fully saturated rings.